The molecule has 0 bridgehead atoms. The van der Waals surface area contributed by atoms with Crippen LogP contribution in [0.4, 0.5) is 0 Å². The number of likely N-dealkylation sites (tertiary alicyclic amines) is 1. The third kappa shape index (κ3) is 3.49. The first-order valence-corrected chi connectivity index (χ1v) is 8.34. The Hall–Kier alpha value is -1.29. The fourth-order valence-electron chi connectivity index (χ4n) is 3.23. The lowest BCUT2D eigenvalue weighted by molar-refractivity contribution is 0.0661. The van der Waals surface area contributed by atoms with E-state index >= 15 is 0 Å². The van der Waals surface area contributed by atoms with Gasteiger partial charge in [0.1, 0.15) is 5.69 Å². The van der Waals surface area contributed by atoms with E-state index in [4.69, 9.17) is 0 Å². The van der Waals surface area contributed by atoms with Crippen LogP contribution in [0.25, 0.3) is 0 Å². The number of piperidine rings is 1. The van der Waals surface area contributed by atoms with E-state index in [-0.39, 0.29) is 5.91 Å². The molecule has 1 saturated carbocycles. The van der Waals surface area contributed by atoms with Crippen molar-refractivity contribution in [1.29, 1.82) is 0 Å². The van der Waals surface area contributed by atoms with Crippen LogP contribution >= 0.6 is 0 Å². The Bertz CT molecular complexity index is 490. The summed E-state index contributed by atoms with van der Waals surface area (Å²) in [6, 6.07) is 5.08. The van der Waals surface area contributed by atoms with Gasteiger partial charge in [0.05, 0.1) is 0 Å². The van der Waals surface area contributed by atoms with Gasteiger partial charge in [0.2, 0.25) is 0 Å². The third-order valence-corrected chi connectivity index (χ3v) is 4.56. The molecule has 2 aliphatic rings. The number of nitrogens with zero attached hydrogens (tertiary/aromatic N) is 2. The van der Waals surface area contributed by atoms with Crippen molar-refractivity contribution in [3.05, 3.63) is 24.0 Å². The lowest BCUT2D eigenvalue weighted by atomic mass is 9.97. The van der Waals surface area contributed by atoms with Gasteiger partial charge in [0, 0.05) is 31.4 Å². The van der Waals surface area contributed by atoms with E-state index in [1.54, 1.807) is 0 Å². The zero-order valence-electron chi connectivity index (χ0n) is 13.2. The second-order valence-corrected chi connectivity index (χ2v) is 6.85. The molecule has 1 saturated heterocycles. The number of nitrogens with one attached hydrogen (secondary N) is 1. The van der Waals surface area contributed by atoms with E-state index in [9.17, 15) is 4.79 Å². The molecule has 2 heterocycles. The summed E-state index contributed by atoms with van der Waals surface area (Å²) >= 11 is 0. The lowest BCUT2D eigenvalue weighted by Crippen LogP contribution is -2.44. The van der Waals surface area contributed by atoms with Crippen LogP contribution in [0.15, 0.2) is 18.3 Å². The van der Waals surface area contributed by atoms with Crippen LogP contribution in [0, 0.1) is 5.92 Å². The molecule has 1 unspecified atom stereocenters. The van der Waals surface area contributed by atoms with Gasteiger partial charge in [-0.1, -0.05) is 13.8 Å². The molecule has 4 heteroatoms. The highest BCUT2D eigenvalue weighted by Gasteiger charge is 2.30. The molecule has 21 heavy (non-hydrogen) atoms. The SMILES string of the molecule is CC(C)NCC1CCCN(C(=O)c2cccn2C2CC2)C1. The minimum absolute atomic E-state index is 0.223. The van der Waals surface area contributed by atoms with Crippen molar-refractivity contribution in [3.8, 4) is 0 Å². The number of carbonyl (C=O) groups is 1. The minimum atomic E-state index is 0.223. The van der Waals surface area contributed by atoms with E-state index in [1.165, 1.54) is 19.3 Å². The Balaban J connectivity index is 1.62. The lowest BCUT2D eigenvalue weighted by Gasteiger charge is -2.33. The molecule has 0 radical (unpaired) electrons. The maximum absolute atomic E-state index is 12.8. The van der Waals surface area contributed by atoms with Gasteiger partial charge in [-0.3, -0.25) is 4.79 Å². The zero-order valence-corrected chi connectivity index (χ0v) is 13.2. The molecule has 1 aliphatic heterocycles. The molecule has 1 N–H and O–H groups in total. The van der Waals surface area contributed by atoms with Crippen LogP contribution in [0.3, 0.4) is 0 Å². The molecule has 116 valence electrons. The first-order chi connectivity index (χ1) is 10.1. The maximum Gasteiger partial charge on any atom is 0.270 e. The summed E-state index contributed by atoms with van der Waals surface area (Å²) in [6.45, 7) is 7.18. The van der Waals surface area contributed by atoms with Crippen molar-refractivity contribution in [3.63, 3.8) is 0 Å². The normalized spacial score (nSPS) is 22.8. The summed E-state index contributed by atoms with van der Waals surface area (Å²) in [5.41, 5.74) is 0.884. The number of rotatable bonds is 5. The molecule has 1 aromatic rings. The van der Waals surface area contributed by atoms with Gasteiger partial charge in [0.25, 0.3) is 5.91 Å². The predicted octanol–water partition coefficient (Wildman–Crippen LogP) is 2.67. The van der Waals surface area contributed by atoms with Gasteiger partial charge in [0.15, 0.2) is 0 Å². The quantitative estimate of drug-likeness (QED) is 0.905. The molecule has 1 atom stereocenters. The molecule has 4 nitrogen and oxygen atoms in total. The molecule has 3 rings (SSSR count). The van der Waals surface area contributed by atoms with Crippen molar-refractivity contribution in [2.75, 3.05) is 19.6 Å². The van der Waals surface area contributed by atoms with Crippen LogP contribution in [0.1, 0.15) is 56.1 Å². The summed E-state index contributed by atoms with van der Waals surface area (Å²) in [6.07, 6.45) is 6.85. The number of hydrogen-bond donors (Lipinski definition) is 1. The fraction of sp³-hybridized carbons (Fsp3) is 0.706. The Morgan fingerprint density at radius 1 is 1.38 bits per heavy atom. The van der Waals surface area contributed by atoms with E-state index in [0.717, 1.165) is 31.7 Å². The molecule has 2 fully saturated rings. The molecular formula is C17H27N3O. The average Bonchev–Trinajstić information content (AvgIpc) is 3.22. The number of amides is 1. The minimum Gasteiger partial charge on any atom is -0.340 e. The number of aromatic nitrogens is 1. The maximum atomic E-state index is 12.8. The monoisotopic (exact) mass is 289 g/mol. The first-order valence-electron chi connectivity index (χ1n) is 8.34. The van der Waals surface area contributed by atoms with Crippen LogP contribution in [0.5, 0.6) is 0 Å². The molecule has 0 spiro atoms. The van der Waals surface area contributed by atoms with Crippen molar-refractivity contribution in [2.24, 2.45) is 5.92 Å². The Kier molecular flexibility index (Phi) is 4.34. The second kappa shape index (κ2) is 6.22. The van der Waals surface area contributed by atoms with Gasteiger partial charge < -0.3 is 14.8 Å². The van der Waals surface area contributed by atoms with Gasteiger partial charge >= 0.3 is 0 Å². The van der Waals surface area contributed by atoms with Gasteiger partial charge in [-0.2, -0.15) is 0 Å². The zero-order chi connectivity index (χ0) is 14.8. The summed E-state index contributed by atoms with van der Waals surface area (Å²) in [5.74, 6) is 0.815. The van der Waals surface area contributed by atoms with Crippen LogP contribution in [-0.4, -0.2) is 41.1 Å². The Labute approximate surface area is 127 Å². The summed E-state index contributed by atoms with van der Waals surface area (Å²) < 4.78 is 2.18. The number of hydrogen-bond acceptors (Lipinski definition) is 2. The van der Waals surface area contributed by atoms with Gasteiger partial charge in [-0.15, -0.1) is 0 Å². The molecular weight excluding hydrogens is 262 g/mol. The predicted molar refractivity (Wildman–Crippen MR) is 84.5 cm³/mol. The van der Waals surface area contributed by atoms with Crippen LogP contribution in [-0.2, 0) is 0 Å². The van der Waals surface area contributed by atoms with Crippen LogP contribution < -0.4 is 5.32 Å². The van der Waals surface area contributed by atoms with Crippen molar-refractivity contribution in [1.82, 2.24) is 14.8 Å². The van der Waals surface area contributed by atoms with E-state index in [0.29, 0.717) is 18.0 Å². The molecule has 1 aliphatic carbocycles. The topological polar surface area (TPSA) is 37.3 Å². The molecule has 1 aromatic heterocycles. The Morgan fingerprint density at radius 3 is 2.90 bits per heavy atom. The van der Waals surface area contributed by atoms with Crippen LogP contribution in [0.2, 0.25) is 0 Å². The van der Waals surface area contributed by atoms with E-state index in [2.05, 4.69) is 34.8 Å². The van der Waals surface area contributed by atoms with Crippen molar-refractivity contribution >= 4 is 5.91 Å². The van der Waals surface area contributed by atoms with Gasteiger partial charge in [-0.25, -0.2) is 0 Å². The molecule has 0 aromatic carbocycles. The fourth-order valence-corrected chi connectivity index (χ4v) is 3.23. The highest BCUT2D eigenvalue weighted by Crippen LogP contribution is 2.36. The average molecular weight is 289 g/mol. The summed E-state index contributed by atoms with van der Waals surface area (Å²) in [4.78, 5) is 14.8. The van der Waals surface area contributed by atoms with Gasteiger partial charge in [-0.05, 0) is 50.3 Å². The largest absolute Gasteiger partial charge is 0.340 e. The van der Waals surface area contributed by atoms with E-state index < -0.39 is 0 Å². The third-order valence-electron chi connectivity index (χ3n) is 4.56. The highest BCUT2D eigenvalue weighted by molar-refractivity contribution is 5.93. The Morgan fingerprint density at radius 2 is 2.19 bits per heavy atom. The first kappa shape index (κ1) is 14.6. The van der Waals surface area contributed by atoms with Crippen molar-refractivity contribution < 1.29 is 4.79 Å². The second-order valence-electron chi connectivity index (χ2n) is 6.85. The smallest absolute Gasteiger partial charge is 0.270 e. The van der Waals surface area contributed by atoms with E-state index in [1.807, 2.05) is 12.1 Å². The highest BCUT2D eigenvalue weighted by atomic mass is 16.2. The number of carbonyl (C=O) groups excluding carboxylic acids is 1. The molecule has 1 amide bonds. The van der Waals surface area contributed by atoms with Crippen molar-refractivity contribution in [2.45, 2.75) is 51.6 Å². The summed E-state index contributed by atoms with van der Waals surface area (Å²) in [7, 11) is 0. The summed E-state index contributed by atoms with van der Waals surface area (Å²) in [5, 5.41) is 3.51. The standard InChI is InChI=1S/C17H27N3O/c1-13(2)18-11-14-5-3-9-19(12-14)17(21)16-6-4-10-20(16)15-7-8-15/h4,6,10,13-15,18H,3,5,7-9,11-12H2,1-2H3.